The van der Waals surface area contributed by atoms with E-state index >= 15 is 0 Å². The minimum absolute atomic E-state index is 0.107. The van der Waals surface area contributed by atoms with Gasteiger partial charge >= 0.3 is 0 Å². The third-order valence-electron chi connectivity index (χ3n) is 5.12. The monoisotopic (exact) mass is 354 g/mol. The van der Waals surface area contributed by atoms with Gasteiger partial charge in [0.15, 0.2) is 0 Å². The maximum absolute atomic E-state index is 12.0. The second-order valence-electron chi connectivity index (χ2n) is 6.81. The molecule has 0 radical (unpaired) electrons. The van der Waals surface area contributed by atoms with Crippen LogP contribution in [0.4, 0.5) is 0 Å². The molecule has 1 spiro atoms. The molecule has 2 fully saturated rings. The highest BCUT2D eigenvalue weighted by molar-refractivity contribution is 7.89. The summed E-state index contributed by atoms with van der Waals surface area (Å²) in [5.74, 6) is 0.182. The van der Waals surface area contributed by atoms with Crippen molar-refractivity contribution in [2.24, 2.45) is 5.41 Å². The first-order valence-corrected chi connectivity index (χ1v) is 10.2. The summed E-state index contributed by atoms with van der Waals surface area (Å²) >= 11 is 0. The number of piperidine rings is 1. The van der Waals surface area contributed by atoms with Gasteiger partial charge in [-0.25, -0.2) is 12.7 Å². The summed E-state index contributed by atoms with van der Waals surface area (Å²) < 4.78 is 37.2. The van der Waals surface area contributed by atoms with Crippen LogP contribution in [0.15, 0.2) is 24.5 Å². The zero-order valence-electron chi connectivity index (χ0n) is 14.2. The summed E-state index contributed by atoms with van der Waals surface area (Å²) in [6, 6.07) is 3.89. The average Bonchev–Trinajstić information content (AvgIpc) is 2.99. The average molecular weight is 354 g/mol. The Balaban J connectivity index is 1.44. The maximum atomic E-state index is 12.0. The molecule has 0 N–H and O–H groups in total. The zero-order valence-corrected chi connectivity index (χ0v) is 15.0. The van der Waals surface area contributed by atoms with Crippen molar-refractivity contribution in [2.75, 3.05) is 32.1 Å². The number of ether oxygens (including phenoxy) is 2. The van der Waals surface area contributed by atoms with Crippen molar-refractivity contribution in [3.63, 3.8) is 0 Å². The molecular formula is C17H26N2O4S. The fourth-order valence-electron chi connectivity index (χ4n) is 3.56. The Morgan fingerprint density at radius 2 is 2.21 bits per heavy atom. The fourth-order valence-corrected chi connectivity index (χ4v) is 4.67. The van der Waals surface area contributed by atoms with Crippen LogP contribution in [0.1, 0.15) is 31.7 Å². The quantitative estimate of drug-likeness (QED) is 0.779. The van der Waals surface area contributed by atoms with Crippen LogP contribution >= 0.6 is 0 Å². The van der Waals surface area contributed by atoms with E-state index in [1.54, 1.807) is 23.6 Å². The van der Waals surface area contributed by atoms with E-state index in [0.29, 0.717) is 32.9 Å². The predicted molar refractivity (Wildman–Crippen MR) is 91.0 cm³/mol. The minimum atomic E-state index is -3.06. The number of hydrogen-bond acceptors (Lipinski definition) is 5. The molecule has 0 bridgehead atoms. The van der Waals surface area contributed by atoms with Gasteiger partial charge in [0.1, 0.15) is 0 Å². The van der Waals surface area contributed by atoms with Gasteiger partial charge in [0.2, 0.25) is 10.0 Å². The topological polar surface area (TPSA) is 68.7 Å². The first-order valence-electron chi connectivity index (χ1n) is 8.59. The fraction of sp³-hybridized carbons (Fsp3) is 0.706. The van der Waals surface area contributed by atoms with Gasteiger partial charge in [0, 0.05) is 25.5 Å². The normalized spacial score (nSPS) is 24.5. The molecule has 6 nitrogen and oxygen atoms in total. The predicted octanol–water partition coefficient (Wildman–Crippen LogP) is 1.82. The Bertz CT molecular complexity index is 627. The van der Waals surface area contributed by atoms with Crippen LogP contribution in [0, 0.1) is 5.41 Å². The molecule has 1 atom stereocenters. The van der Waals surface area contributed by atoms with Gasteiger partial charge in [-0.2, -0.15) is 0 Å². The van der Waals surface area contributed by atoms with Crippen molar-refractivity contribution < 1.29 is 17.9 Å². The molecule has 0 aromatic carbocycles. The Morgan fingerprint density at radius 1 is 1.42 bits per heavy atom. The van der Waals surface area contributed by atoms with Gasteiger partial charge in [-0.1, -0.05) is 6.07 Å². The van der Waals surface area contributed by atoms with Gasteiger partial charge in [0.25, 0.3) is 0 Å². The van der Waals surface area contributed by atoms with E-state index in [-0.39, 0.29) is 17.3 Å². The maximum Gasteiger partial charge on any atom is 0.213 e. The molecule has 2 aliphatic heterocycles. The molecule has 2 aliphatic rings. The Hall–Kier alpha value is -1.02. The van der Waals surface area contributed by atoms with Crippen LogP contribution in [0.2, 0.25) is 0 Å². The number of hydrogen-bond donors (Lipinski definition) is 0. The molecule has 24 heavy (non-hydrogen) atoms. The van der Waals surface area contributed by atoms with E-state index in [9.17, 15) is 8.42 Å². The molecule has 1 aromatic heterocycles. The minimum Gasteiger partial charge on any atom is -0.375 e. The molecule has 3 rings (SSSR count). The second-order valence-corrected chi connectivity index (χ2v) is 9.07. The van der Waals surface area contributed by atoms with Crippen LogP contribution < -0.4 is 0 Å². The molecule has 7 heteroatoms. The third-order valence-corrected chi connectivity index (χ3v) is 7.00. The van der Waals surface area contributed by atoms with Crippen molar-refractivity contribution in [3.8, 4) is 0 Å². The molecule has 2 saturated heterocycles. The summed E-state index contributed by atoms with van der Waals surface area (Å²) in [6.07, 6.45) is 6.38. The molecule has 3 heterocycles. The number of aromatic nitrogens is 1. The van der Waals surface area contributed by atoms with Crippen LogP contribution in [0.25, 0.3) is 0 Å². The number of rotatable bonds is 6. The summed E-state index contributed by atoms with van der Waals surface area (Å²) in [6.45, 7) is 4.77. The van der Waals surface area contributed by atoms with Gasteiger partial charge in [-0.15, -0.1) is 0 Å². The molecule has 0 unspecified atom stereocenters. The Morgan fingerprint density at radius 3 is 2.88 bits per heavy atom. The third kappa shape index (κ3) is 4.14. The van der Waals surface area contributed by atoms with E-state index in [4.69, 9.17) is 9.47 Å². The summed E-state index contributed by atoms with van der Waals surface area (Å²) in [5.41, 5.74) is 1.19. The first kappa shape index (κ1) is 17.8. The lowest BCUT2D eigenvalue weighted by molar-refractivity contribution is 0.00728. The lowest BCUT2D eigenvalue weighted by Crippen LogP contribution is -2.44. The van der Waals surface area contributed by atoms with Gasteiger partial charge in [0.05, 0.1) is 31.7 Å². The van der Waals surface area contributed by atoms with Gasteiger partial charge < -0.3 is 9.47 Å². The second kappa shape index (κ2) is 7.47. The lowest BCUT2D eigenvalue weighted by Gasteiger charge is -2.37. The molecule has 0 amide bonds. The van der Waals surface area contributed by atoms with E-state index in [0.717, 1.165) is 24.8 Å². The lowest BCUT2D eigenvalue weighted by atomic mass is 9.77. The van der Waals surface area contributed by atoms with E-state index in [2.05, 4.69) is 4.98 Å². The van der Waals surface area contributed by atoms with Crippen LogP contribution in [0.5, 0.6) is 0 Å². The van der Waals surface area contributed by atoms with Crippen molar-refractivity contribution >= 4 is 10.0 Å². The smallest absolute Gasteiger partial charge is 0.213 e. The van der Waals surface area contributed by atoms with Crippen LogP contribution in [0.3, 0.4) is 0 Å². The number of sulfonamides is 1. The summed E-state index contributed by atoms with van der Waals surface area (Å²) in [4.78, 5) is 4.07. The zero-order chi connectivity index (χ0) is 17.0. The van der Waals surface area contributed by atoms with Crippen LogP contribution in [-0.4, -0.2) is 55.9 Å². The van der Waals surface area contributed by atoms with Crippen molar-refractivity contribution in [2.45, 2.75) is 38.9 Å². The SMILES string of the molecule is CCS(=O)(=O)N1CCC2(CC1)CO[C@@H](COCc1cccnc1)C2. The number of pyridine rings is 1. The summed E-state index contributed by atoms with van der Waals surface area (Å²) in [7, 11) is -3.06. The van der Waals surface area contributed by atoms with E-state index < -0.39 is 10.0 Å². The Labute approximate surface area is 144 Å². The Kier molecular flexibility index (Phi) is 5.54. The highest BCUT2D eigenvalue weighted by Gasteiger charge is 2.43. The molecule has 0 aliphatic carbocycles. The molecule has 0 saturated carbocycles. The van der Waals surface area contributed by atoms with Gasteiger partial charge in [-0.05, 0) is 43.2 Å². The molecule has 1 aromatic rings. The molecular weight excluding hydrogens is 328 g/mol. The van der Waals surface area contributed by atoms with E-state index in [1.807, 2.05) is 12.1 Å². The molecule has 134 valence electrons. The summed E-state index contributed by atoms with van der Waals surface area (Å²) in [5, 5.41) is 0. The first-order chi connectivity index (χ1) is 11.5. The van der Waals surface area contributed by atoms with Crippen molar-refractivity contribution in [1.29, 1.82) is 0 Å². The highest BCUT2D eigenvalue weighted by Crippen LogP contribution is 2.42. The number of nitrogens with zero attached hydrogens (tertiary/aromatic N) is 2. The van der Waals surface area contributed by atoms with Gasteiger partial charge in [-0.3, -0.25) is 4.98 Å². The standard InChI is InChI=1S/C17H26N2O4S/c1-2-24(20,21)19-8-5-17(6-9-19)10-16(23-14-17)13-22-12-15-4-3-7-18-11-15/h3-4,7,11,16H,2,5-6,8-10,12-14H2,1H3/t16-/m1/s1. The van der Waals surface area contributed by atoms with E-state index in [1.165, 1.54) is 0 Å². The largest absolute Gasteiger partial charge is 0.375 e. The highest BCUT2D eigenvalue weighted by atomic mass is 32.2. The van der Waals surface area contributed by atoms with Crippen LogP contribution in [-0.2, 0) is 26.1 Å². The van der Waals surface area contributed by atoms with Crippen molar-refractivity contribution in [3.05, 3.63) is 30.1 Å². The van der Waals surface area contributed by atoms with Crippen molar-refractivity contribution in [1.82, 2.24) is 9.29 Å².